The van der Waals surface area contributed by atoms with E-state index in [0.717, 1.165) is 22.3 Å². The number of aromatic nitrogens is 2. The molecule has 3 aromatic carbocycles. The molecule has 0 unspecified atom stereocenters. The summed E-state index contributed by atoms with van der Waals surface area (Å²) in [4.78, 5) is 0. The van der Waals surface area contributed by atoms with Crippen LogP contribution in [0.15, 0.2) is 78.9 Å². The zero-order valence-electron chi connectivity index (χ0n) is 19.0. The summed E-state index contributed by atoms with van der Waals surface area (Å²) in [6, 6.07) is 26.1. The van der Waals surface area contributed by atoms with Gasteiger partial charge in [0, 0.05) is 0 Å². The van der Waals surface area contributed by atoms with Gasteiger partial charge < -0.3 is 19.0 Å². The van der Waals surface area contributed by atoms with Crippen LogP contribution in [0.3, 0.4) is 0 Å². The first kappa shape index (κ1) is 21.9. The molecule has 2 N–H and O–H groups in total. The fourth-order valence-electron chi connectivity index (χ4n) is 3.90. The van der Waals surface area contributed by atoms with E-state index in [-0.39, 0.29) is 12.0 Å². The van der Waals surface area contributed by atoms with Crippen LogP contribution in [0.1, 0.15) is 31.9 Å². The van der Waals surface area contributed by atoms with Gasteiger partial charge in [-0.15, -0.1) is 0 Å². The highest BCUT2D eigenvalue weighted by Gasteiger charge is 2.16. The van der Waals surface area contributed by atoms with Gasteiger partial charge in [-0.2, -0.15) is 0 Å². The van der Waals surface area contributed by atoms with Crippen molar-refractivity contribution in [1.82, 2.24) is 9.13 Å². The predicted molar refractivity (Wildman–Crippen MR) is 128 cm³/mol. The number of fused-ring (bicyclic) bond motifs is 1. The van der Waals surface area contributed by atoms with Crippen LogP contribution in [-0.2, 0) is 18.5 Å². The van der Waals surface area contributed by atoms with Crippen LogP contribution < -0.4 is 10.4 Å². The minimum absolute atomic E-state index is 0.111. The summed E-state index contributed by atoms with van der Waals surface area (Å²) < 4.78 is 9.55. The van der Waals surface area contributed by atoms with Gasteiger partial charge in [0.2, 0.25) is 5.62 Å². The van der Waals surface area contributed by atoms with E-state index in [1.54, 1.807) is 0 Å². The van der Waals surface area contributed by atoms with E-state index in [4.69, 9.17) is 10.1 Å². The van der Waals surface area contributed by atoms with E-state index in [9.17, 15) is 5.11 Å². The number of ether oxygens (including phenoxy) is 1. The van der Waals surface area contributed by atoms with Crippen LogP contribution >= 0.6 is 0 Å². The first-order valence-electron chi connectivity index (χ1n) is 11.0. The Kier molecular flexibility index (Phi) is 6.19. The largest absolute Gasteiger partial charge is 0.491 e. The second-order valence-electron chi connectivity index (χ2n) is 9.23. The maximum atomic E-state index is 10.6. The highest BCUT2D eigenvalue weighted by molar-refractivity contribution is 5.76. The number of aliphatic hydroxyl groups excluding tert-OH is 1. The molecule has 0 aliphatic heterocycles. The lowest BCUT2D eigenvalue weighted by Crippen LogP contribution is -2.31. The molecule has 4 aromatic rings. The number of hydrogen-bond acceptors (Lipinski definition) is 3. The van der Waals surface area contributed by atoms with Crippen molar-refractivity contribution in [2.24, 2.45) is 0 Å². The van der Waals surface area contributed by atoms with Crippen LogP contribution in [0.4, 0.5) is 0 Å². The molecule has 166 valence electrons. The monoisotopic (exact) mass is 429 g/mol. The third-order valence-electron chi connectivity index (χ3n) is 5.71. The van der Waals surface area contributed by atoms with E-state index in [1.807, 2.05) is 63.7 Å². The zero-order valence-corrected chi connectivity index (χ0v) is 19.0. The second kappa shape index (κ2) is 9.05. The van der Waals surface area contributed by atoms with Crippen molar-refractivity contribution in [3.63, 3.8) is 0 Å². The number of hydrogen-bond donors (Lipinski definition) is 2. The summed E-state index contributed by atoms with van der Waals surface area (Å²) in [6.07, 6.45) is -0.727. The topological polar surface area (TPSA) is 63.2 Å². The molecule has 5 nitrogen and oxygen atoms in total. The smallest absolute Gasteiger partial charge is 0.203 e. The standard InChI is InChI=1S/C27H31N3O2/c1-27(2,3)21-15-13-20(14-16-21)17-29-24-11-7-8-12-25(24)30(26(29)28)18-22(31)19-32-23-9-5-4-6-10-23/h4-16,22,28,31H,17-19H2,1-3H3/t22-/m0/s1. The summed E-state index contributed by atoms with van der Waals surface area (Å²) in [5.74, 6) is 0.726. The molecule has 0 bridgehead atoms. The zero-order chi connectivity index (χ0) is 22.7. The summed E-state index contributed by atoms with van der Waals surface area (Å²) in [6.45, 7) is 7.69. The molecular formula is C27H31N3O2. The molecule has 0 radical (unpaired) electrons. The molecule has 0 aliphatic rings. The minimum atomic E-state index is -0.727. The first-order chi connectivity index (χ1) is 15.3. The SMILES string of the molecule is CC(C)(C)c1ccc(Cn2c(=N)n(C[C@H](O)COc3ccccc3)c3ccccc32)cc1. The van der Waals surface area contributed by atoms with Crippen molar-refractivity contribution >= 4 is 11.0 Å². The van der Waals surface area contributed by atoms with Crippen LogP contribution in [-0.4, -0.2) is 27.0 Å². The Morgan fingerprint density at radius 3 is 2.06 bits per heavy atom. The third kappa shape index (κ3) is 4.78. The average Bonchev–Trinajstić information content (AvgIpc) is 3.04. The average molecular weight is 430 g/mol. The van der Waals surface area contributed by atoms with E-state index >= 15 is 0 Å². The number of para-hydroxylation sites is 3. The molecule has 4 rings (SSSR count). The molecule has 0 saturated carbocycles. The number of benzene rings is 3. The lowest BCUT2D eigenvalue weighted by Gasteiger charge is -2.19. The molecule has 0 amide bonds. The van der Waals surface area contributed by atoms with Gasteiger partial charge >= 0.3 is 0 Å². The van der Waals surface area contributed by atoms with Crippen molar-refractivity contribution in [3.8, 4) is 5.75 Å². The van der Waals surface area contributed by atoms with E-state index in [0.29, 0.717) is 18.7 Å². The Hall–Kier alpha value is -3.31. The molecule has 0 fully saturated rings. The van der Waals surface area contributed by atoms with E-state index in [1.165, 1.54) is 5.56 Å². The summed E-state index contributed by atoms with van der Waals surface area (Å²) in [5, 5.41) is 19.4. The molecule has 1 atom stereocenters. The van der Waals surface area contributed by atoms with Crippen molar-refractivity contribution in [3.05, 3.63) is 95.6 Å². The molecule has 1 heterocycles. The highest BCUT2D eigenvalue weighted by atomic mass is 16.5. The number of nitrogens with zero attached hydrogens (tertiary/aromatic N) is 2. The maximum absolute atomic E-state index is 10.6. The number of aliphatic hydroxyl groups is 1. The Bertz CT molecular complexity index is 1230. The van der Waals surface area contributed by atoms with Gasteiger partial charge in [-0.05, 0) is 40.8 Å². The molecule has 5 heteroatoms. The summed E-state index contributed by atoms with van der Waals surface area (Å²) in [7, 11) is 0. The Morgan fingerprint density at radius 1 is 0.844 bits per heavy atom. The predicted octanol–water partition coefficient (Wildman–Crippen LogP) is 4.71. The maximum Gasteiger partial charge on any atom is 0.203 e. The molecule has 0 saturated heterocycles. The van der Waals surface area contributed by atoms with Crippen LogP contribution in [0.5, 0.6) is 5.75 Å². The van der Waals surface area contributed by atoms with Crippen LogP contribution in [0.25, 0.3) is 11.0 Å². The normalized spacial score (nSPS) is 12.8. The Balaban J connectivity index is 1.57. The first-order valence-corrected chi connectivity index (χ1v) is 11.0. The fraction of sp³-hybridized carbons (Fsp3) is 0.296. The van der Waals surface area contributed by atoms with Crippen LogP contribution in [0.2, 0.25) is 0 Å². The number of nitrogens with one attached hydrogen (secondary N) is 1. The highest BCUT2D eigenvalue weighted by Crippen LogP contribution is 2.23. The van der Waals surface area contributed by atoms with Gasteiger partial charge in [-0.25, -0.2) is 0 Å². The quantitative estimate of drug-likeness (QED) is 0.447. The Labute approximate surface area is 189 Å². The van der Waals surface area contributed by atoms with Gasteiger partial charge in [0.25, 0.3) is 0 Å². The lowest BCUT2D eigenvalue weighted by atomic mass is 9.87. The second-order valence-corrected chi connectivity index (χ2v) is 9.23. The van der Waals surface area contributed by atoms with Gasteiger partial charge in [-0.1, -0.05) is 75.4 Å². The molecule has 1 aromatic heterocycles. The van der Waals surface area contributed by atoms with Gasteiger partial charge in [0.05, 0.1) is 24.1 Å². The van der Waals surface area contributed by atoms with Gasteiger partial charge in [0.15, 0.2) is 0 Å². The summed E-state index contributed by atoms with van der Waals surface area (Å²) >= 11 is 0. The van der Waals surface area contributed by atoms with Crippen LogP contribution in [0, 0.1) is 5.41 Å². The van der Waals surface area contributed by atoms with Crippen molar-refractivity contribution in [2.75, 3.05) is 6.61 Å². The molecule has 32 heavy (non-hydrogen) atoms. The fourth-order valence-corrected chi connectivity index (χ4v) is 3.90. The Morgan fingerprint density at radius 2 is 1.44 bits per heavy atom. The molecule has 0 spiro atoms. The van der Waals surface area contributed by atoms with Crippen molar-refractivity contribution in [1.29, 1.82) is 5.41 Å². The number of imidazole rings is 1. The van der Waals surface area contributed by atoms with Crippen molar-refractivity contribution in [2.45, 2.75) is 45.4 Å². The minimum Gasteiger partial charge on any atom is -0.491 e. The summed E-state index contributed by atoms with van der Waals surface area (Å²) in [5.41, 5.74) is 4.83. The van der Waals surface area contributed by atoms with E-state index < -0.39 is 6.10 Å². The van der Waals surface area contributed by atoms with E-state index in [2.05, 4.69) is 45.0 Å². The van der Waals surface area contributed by atoms with Crippen molar-refractivity contribution < 1.29 is 9.84 Å². The van der Waals surface area contributed by atoms with Gasteiger partial charge in [0.1, 0.15) is 18.5 Å². The van der Waals surface area contributed by atoms with Gasteiger partial charge in [-0.3, -0.25) is 5.41 Å². The molecular weight excluding hydrogens is 398 g/mol. The third-order valence-corrected chi connectivity index (χ3v) is 5.71. The number of rotatable bonds is 7. The lowest BCUT2D eigenvalue weighted by molar-refractivity contribution is 0.0921. The molecule has 0 aliphatic carbocycles.